The van der Waals surface area contributed by atoms with Crippen LogP contribution < -0.4 is 28.4 Å². The summed E-state index contributed by atoms with van der Waals surface area (Å²) in [6.07, 6.45) is 17.1. The number of rotatable bonds is 29. The van der Waals surface area contributed by atoms with E-state index >= 15 is 0 Å². The fourth-order valence-electron chi connectivity index (χ4n) is 6.63. The minimum absolute atomic E-state index is 0.00422. The topological polar surface area (TPSA) is 72.5 Å². The second-order valence-corrected chi connectivity index (χ2v) is 14.2. The van der Waals surface area contributed by atoms with E-state index in [4.69, 9.17) is 28.4 Å². The zero-order chi connectivity index (χ0) is 39.2. The first-order valence-electron chi connectivity index (χ1n) is 21.1. The Morgan fingerprint density at radius 3 is 1.40 bits per heavy atom. The number of ketones is 1. The van der Waals surface area contributed by atoms with Gasteiger partial charge >= 0.3 is 0 Å². The third kappa shape index (κ3) is 14.4. The van der Waals surface area contributed by atoms with Gasteiger partial charge in [-0.3, -0.25) is 4.79 Å². The lowest BCUT2D eigenvalue weighted by Crippen LogP contribution is -2.22. The molecule has 0 saturated heterocycles. The molecule has 0 fully saturated rings. The van der Waals surface area contributed by atoms with Crippen molar-refractivity contribution < 1.29 is 33.2 Å². The monoisotopic (exact) mass is 739 g/mol. The van der Waals surface area contributed by atoms with Gasteiger partial charge in [-0.1, -0.05) is 101 Å². The lowest BCUT2D eigenvalue weighted by molar-refractivity contribution is 0.102. The minimum Gasteiger partial charge on any atom is -0.493 e. The number of benzene rings is 2. The molecule has 0 aliphatic carbocycles. The maximum Gasteiger partial charge on any atom is 0.193 e. The SMILES string of the molecule is CCCC(CC)Oc1cc(C=CC(=O)c2c(OC(CC)CCC)ccc(OC(CC)CCC)c2OC(CC)CCC)c(OC(CC)CCC)c(OC)c1. The van der Waals surface area contributed by atoms with Gasteiger partial charge in [0.2, 0.25) is 0 Å². The molecule has 0 aromatic heterocycles. The van der Waals surface area contributed by atoms with Crippen LogP contribution in [-0.2, 0) is 0 Å². The summed E-state index contributed by atoms with van der Waals surface area (Å²) in [5.41, 5.74) is 1.11. The molecule has 5 unspecified atom stereocenters. The third-order valence-electron chi connectivity index (χ3n) is 9.81. The van der Waals surface area contributed by atoms with Gasteiger partial charge in [-0.05, 0) is 94.6 Å². The van der Waals surface area contributed by atoms with Crippen molar-refractivity contribution in [1.82, 2.24) is 0 Å². The zero-order valence-electron chi connectivity index (χ0n) is 35.3. The number of ether oxygens (including phenoxy) is 6. The Balaban J connectivity index is 2.88. The number of carbonyl (C=O) groups excluding carboxylic acids is 1. The van der Waals surface area contributed by atoms with Crippen LogP contribution in [0.2, 0.25) is 0 Å². The average Bonchev–Trinajstić information content (AvgIpc) is 3.16. The zero-order valence-corrected chi connectivity index (χ0v) is 35.3. The van der Waals surface area contributed by atoms with Crippen molar-refractivity contribution in [2.24, 2.45) is 0 Å². The predicted molar refractivity (Wildman–Crippen MR) is 221 cm³/mol. The first kappa shape index (κ1) is 45.8. The van der Waals surface area contributed by atoms with Gasteiger partial charge in [0.15, 0.2) is 28.8 Å². The molecule has 300 valence electrons. The molecule has 0 radical (unpaired) electrons. The van der Waals surface area contributed by atoms with E-state index in [1.54, 1.807) is 13.2 Å². The summed E-state index contributed by atoms with van der Waals surface area (Å²) in [7, 11) is 1.65. The Bertz CT molecular complexity index is 1350. The molecule has 0 spiro atoms. The van der Waals surface area contributed by atoms with Crippen LogP contribution in [0.3, 0.4) is 0 Å². The second-order valence-electron chi connectivity index (χ2n) is 14.2. The van der Waals surface area contributed by atoms with E-state index < -0.39 is 0 Å². The molecule has 0 amide bonds. The van der Waals surface area contributed by atoms with Gasteiger partial charge in [0.1, 0.15) is 17.1 Å². The second kappa shape index (κ2) is 25.6. The molecule has 2 rings (SSSR count). The molecular formula is C46H74O7. The molecular weight excluding hydrogens is 664 g/mol. The maximum atomic E-state index is 14.8. The van der Waals surface area contributed by atoms with E-state index in [-0.39, 0.29) is 36.3 Å². The van der Waals surface area contributed by atoms with Gasteiger partial charge in [0.05, 0.1) is 37.6 Å². The number of carbonyl (C=O) groups is 1. The number of methoxy groups -OCH3 is 1. The van der Waals surface area contributed by atoms with Gasteiger partial charge in [-0.25, -0.2) is 0 Å². The maximum absolute atomic E-state index is 14.8. The van der Waals surface area contributed by atoms with Crippen LogP contribution in [0.15, 0.2) is 30.3 Å². The van der Waals surface area contributed by atoms with E-state index in [2.05, 4.69) is 69.2 Å². The standard InChI is InChI=1S/C46H74O7/c1-12-22-34(17-6)49-39-31-33(45(43(32-39)48-11)52-37(20-9)25-15-4)27-28-40(47)44-41(50-35(18-7)23-13-2)29-30-42(51-36(19-8)24-14-3)46(44)53-38(21-10)26-16-5/h27-32,34-38H,12-26H2,1-11H3. The predicted octanol–water partition coefficient (Wildman–Crippen LogP) is 13.4. The molecule has 2 aromatic rings. The van der Waals surface area contributed by atoms with Gasteiger partial charge in [0, 0.05) is 11.6 Å². The highest BCUT2D eigenvalue weighted by atomic mass is 16.5. The summed E-state index contributed by atoms with van der Waals surface area (Å²) in [6.45, 7) is 21.5. The van der Waals surface area contributed by atoms with Crippen molar-refractivity contribution in [3.8, 4) is 34.5 Å². The van der Waals surface area contributed by atoms with Crippen LogP contribution in [0, 0.1) is 0 Å². The largest absolute Gasteiger partial charge is 0.493 e. The smallest absolute Gasteiger partial charge is 0.193 e. The lowest BCUT2D eigenvalue weighted by atomic mass is 10.0. The molecule has 53 heavy (non-hydrogen) atoms. The Kier molecular flexibility index (Phi) is 22.2. The summed E-state index contributed by atoms with van der Waals surface area (Å²) in [6, 6.07) is 7.69. The van der Waals surface area contributed by atoms with Crippen LogP contribution in [0.5, 0.6) is 34.5 Å². The first-order chi connectivity index (χ1) is 25.7. The third-order valence-corrected chi connectivity index (χ3v) is 9.81. The highest BCUT2D eigenvalue weighted by Gasteiger charge is 2.27. The molecule has 0 heterocycles. The van der Waals surface area contributed by atoms with Crippen molar-refractivity contribution in [3.05, 3.63) is 41.5 Å². The molecule has 5 atom stereocenters. The van der Waals surface area contributed by atoms with Crippen LogP contribution in [0.1, 0.15) is 181 Å². The van der Waals surface area contributed by atoms with Crippen LogP contribution in [0.25, 0.3) is 6.08 Å². The Labute approximate surface area is 323 Å². The highest BCUT2D eigenvalue weighted by molar-refractivity contribution is 6.11. The fraction of sp³-hybridized carbons (Fsp3) is 0.674. The van der Waals surface area contributed by atoms with E-state index in [0.717, 1.165) is 102 Å². The summed E-state index contributed by atoms with van der Waals surface area (Å²) in [5.74, 6) is 3.20. The molecule has 7 heteroatoms. The quantitative estimate of drug-likeness (QED) is 0.0608. The molecule has 0 saturated carbocycles. The van der Waals surface area contributed by atoms with Crippen molar-refractivity contribution >= 4 is 11.9 Å². The Morgan fingerprint density at radius 1 is 0.528 bits per heavy atom. The van der Waals surface area contributed by atoms with Crippen molar-refractivity contribution in [2.75, 3.05) is 7.11 Å². The van der Waals surface area contributed by atoms with Gasteiger partial charge in [-0.15, -0.1) is 0 Å². The van der Waals surface area contributed by atoms with Crippen molar-refractivity contribution in [2.45, 2.75) is 196 Å². The summed E-state index contributed by atoms with van der Waals surface area (Å²) < 4.78 is 39.2. The molecule has 7 nitrogen and oxygen atoms in total. The number of hydrogen-bond acceptors (Lipinski definition) is 7. The first-order valence-corrected chi connectivity index (χ1v) is 21.1. The molecule has 0 N–H and O–H groups in total. The van der Waals surface area contributed by atoms with E-state index in [1.165, 1.54) is 0 Å². The van der Waals surface area contributed by atoms with Crippen LogP contribution >= 0.6 is 0 Å². The highest BCUT2D eigenvalue weighted by Crippen LogP contribution is 2.43. The van der Waals surface area contributed by atoms with Gasteiger partial charge in [0.25, 0.3) is 0 Å². The molecule has 0 bridgehead atoms. The van der Waals surface area contributed by atoms with Crippen molar-refractivity contribution in [1.29, 1.82) is 0 Å². The molecule has 2 aromatic carbocycles. The van der Waals surface area contributed by atoms with Crippen LogP contribution in [0.4, 0.5) is 0 Å². The lowest BCUT2D eigenvalue weighted by Gasteiger charge is -2.26. The Hall–Kier alpha value is -3.35. The van der Waals surface area contributed by atoms with Gasteiger partial charge < -0.3 is 28.4 Å². The number of allylic oxidation sites excluding steroid dienone is 1. The van der Waals surface area contributed by atoms with Gasteiger partial charge in [-0.2, -0.15) is 0 Å². The normalized spacial score (nSPS) is 14.3. The molecule has 0 aliphatic rings. The van der Waals surface area contributed by atoms with Crippen LogP contribution in [-0.4, -0.2) is 43.4 Å². The summed E-state index contributed by atoms with van der Waals surface area (Å²) in [4.78, 5) is 14.8. The summed E-state index contributed by atoms with van der Waals surface area (Å²) >= 11 is 0. The fourth-order valence-corrected chi connectivity index (χ4v) is 6.63. The van der Waals surface area contributed by atoms with E-state index in [1.807, 2.05) is 30.3 Å². The minimum atomic E-state index is -0.226. The average molecular weight is 739 g/mol. The number of hydrogen-bond donors (Lipinski definition) is 0. The molecule has 0 aliphatic heterocycles. The van der Waals surface area contributed by atoms with E-state index in [0.29, 0.717) is 40.1 Å². The Morgan fingerprint density at radius 2 is 0.943 bits per heavy atom. The van der Waals surface area contributed by atoms with E-state index in [9.17, 15) is 4.79 Å². The van der Waals surface area contributed by atoms with Crippen molar-refractivity contribution in [3.63, 3.8) is 0 Å². The summed E-state index contributed by atoms with van der Waals surface area (Å²) in [5, 5.41) is 0.